The maximum Gasteiger partial charge on any atom is 0.230 e. The fourth-order valence-corrected chi connectivity index (χ4v) is 3.67. The van der Waals surface area contributed by atoms with E-state index in [2.05, 4.69) is 20.8 Å². The fraction of sp³-hybridized carbons (Fsp3) is 0.467. The highest BCUT2D eigenvalue weighted by molar-refractivity contribution is 7.99. The number of rotatable bonds is 6. The van der Waals surface area contributed by atoms with Gasteiger partial charge in [0.15, 0.2) is 0 Å². The maximum atomic E-state index is 12.0. The van der Waals surface area contributed by atoms with Crippen LogP contribution in [0.1, 0.15) is 37.3 Å². The van der Waals surface area contributed by atoms with E-state index in [-0.39, 0.29) is 5.91 Å². The van der Waals surface area contributed by atoms with Gasteiger partial charge in [0, 0.05) is 11.6 Å². The van der Waals surface area contributed by atoms with Gasteiger partial charge < -0.3 is 5.32 Å². The van der Waals surface area contributed by atoms with Crippen molar-refractivity contribution >= 4 is 29.3 Å². The Bertz CT molecular complexity index is 671. The van der Waals surface area contributed by atoms with Gasteiger partial charge in [-0.15, -0.1) is 5.10 Å². The molecule has 23 heavy (non-hydrogen) atoms. The van der Waals surface area contributed by atoms with Gasteiger partial charge in [-0.3, -0.25) is 4.79 Å². The second kappa shape index (κ2) is 7.79. The van der Waals surface area contributed by atoms with Crippen LogP contribution in [0.3, 0.4) is 0 Å². The minimum atomic E-state index is -0.0454. The van der Waals surface area contributed by atoms with E-state index in [1.165, 1.54) is 24.6 Å². The van der Waals surface area contributed by atoms with Crippen LogP contribution in [-0.2, 0) is 11.3 Å². The second-order valence-electron chi connectivity index (χ2n) is 5.54. The summed E-state index contributed by atoms with van der Waals surface area (Å²) >= 11 is 7.30. The number of hydrogen-bond donors (Lipinski definition) is 1. The molecule has 1 aliphatic rings. The number of benzene rings is 1. The Kier molecular flexibility index (Phi) is 5.51. The number of tetrazole rings is 1. The summed E-state index contributed by atoms with van der Waals surface area (Å²) in [5, 5.41) is 16.1. The first-order valence-corrected chi connectivity index (χ1v) is 9.00. The molecule has 0 atom stereocenters. The molecule has 0 aliphatic heterocycles. The Balaban J connectivity index is 1.48. The van der Waals surface area contributed by atoms with Crippen LogP contribution in [0.4, 0.5) is 0 Å². The average Bonchev–Trinajstić information content (AvgIpc) is 3.21. The van der Waals surface area contributed by atoms with Crippen molar-refractivity contribution < 1.29 is 4.79 Å². The second-order valence-corrected chi connectivity index (χ2v) is 6.92. The van der Waals surface area contributed by atoms with Crippen LogP contribution in [0.5, 0.6) is 0 Å². The van der Waals surface area contributed by atoms with Crippen LogP contribution < -0.4 is 5.32 Å². The Morgan fingerprint density at radius 3 is 3.00 bits per heavy atom. The number of amides is 1. The zero-order chi connectivity index (χ0) is 16.1. The standard InChI is InChI=1S/C15H18ClN5OS/c16-12-5-3-4-11(8-12)9-17-14(22)10-23-15-18-19-20-21(15)13-6-1-2-7-13/h3-5,8,13H,1-2,6-7,9-10H2,(H,17,22). The van der Waals surface area contributed by atoms with Crippen LogP contribution in [-0.4, -0.2) is 31.9 Å². The van der Waals surface area contributed by atoms with Gasteiger partial charge in [-0.25, -0.2) is 4.68 Å². The van der Waals surface area contributed by atoms with Crippen molar-refractivity contribution in [1.82, 2.24) is 25.5 Å². The van der Waals surface area contributed by atoms with Crippen molar-refractivity contribution in [3.8, 4) is 0 Å². The first-order chi connectivity index (χ1) is 11.2. The minimum Gasteiger partial charge on any atom is -0.351 e. The molecule has 1 aromatic heterocycles. The molecule has 1 heterocycles. The minimum absolute atomic E-state index is 0.0454. The smallest absolute Gasteiger partial charge is 0.230 e. The first kappa shape index (κ1) is 16.3. The molecule has 8 heteroatoms. The third kappa shape index (κ3) is 4.45. The van der Waals surface area contributed by atoms with Crippen LogP contribution in [0, 0.1) is 0 Å². The largest absolute Gasteiger partial charge is 0.351 e. The van der Waals surface area contributed by atoms with E-state index in [9.17, 15) is 4.79 Å². The summed E-state index contributed by atoms with van der Waals surface area (Å²) < 4.78 is 1.86. The molecule has 1 aliphatic carbocycles. The zero-order valence-corrected chi connectivity index (χ0v) is 14.2. The van der Waals surface area contributed by atoms with E-state index in [1.807, 2.05) is 28.9 Å². The van der Waals surface area contributed by atoms with Gasteiger partial charge >= 0.3 is 0 Å². The van der Waals surface area contributed by atoms with Gasteiger partial charge in [-0.2, -0.15) is 0 Å². The summed E-state index contributed by atoms with van der Waals surface area (Å²) in [5.74, 6) is 0.254. The molecule has 1 aromatic carbocycles. The highest BCUT2D eigenvalue weighted by Gasteiger charge is 2.21. The molecule has 122 valence electrons. The number of nitrogens with zero attached hydrogens (tertiary/aromatic N) is 4. The number of halogens is 1. The molecule has 0 bridgehead atoms. The van der Waals surface area contributed by atoms with Gasteiger partial charge in [-0.05, 0) is 41.0 Å². The van der Waals surface area contributed by atoms with E-state index in [4.69, 9.17) is 11.6 Å². The highest BCUT2D eigenvalue weighted by atomic mass is 35.5. The lowest BCUT2D eigenvalue weighted by atomic mass is 10.2. The Morgan fingerprint density at radius 2 is 2.22 bits per heavy atom. The molecule has 0 saturated heterocycles. The quantitative estimate of drug-likeness (QED) is 0.810. The molecule has 0 radical (unpaired) electrons. The number of carbonyl (C=O) groups excluding carboxylic acids is 1. The molecule has 1 amide bonds. The Hall–Kier alpha value is -1.60. The van der Waals surface area contributed by atoms with Gasteiger partial charge in [0.1, 0.15) is 0 Å². The van der Waals surface area contributed by atoms with Gasteiger partial charge in [-0.1, -0.05) is 48.3 Å². The van der Waals surface area contributed by atoms with Gasteiger partial charge in [0.25, 0.3) is 0 Å². The number of aromatic nitrogens is 4. The summed E-state index contributed by atoms with van der Waals surface area (Å²) in [6.45, 7) is 0.466. The predicted molar refractivity (Wildman–Crippen MR) is 89.3 cm³/mol. The number of hydrogen-bond acceptors (Lipinski definition) is 5. The van der Waals surface area contributed by atoms with Crippen molar-refractivity contribution in [1.29, 1.82) is 0 Å². The van der Waals surface area contributed by atoms with Crippen LogP contribution in [0.2, 0.25) is 5.02 Å². The molecule has 0 unspecified atom stereocenters. The van der Waals surface area contributed by atoms with E-state index in [0.717, 1.165) is 23.6 Å². The molecule has 1 saturated carbocycles. The molecular formula is C15H18ClN5OS. The van der Waals surface area contributed by atoms with Crippen molar-refractivity contribution in [3.05, 3.63) is 34.9 Å². The lowest BCUT2D eigenvalue weighted by Gasteiger charge is -2.10. The van der Waals surface area contributed by atoms with E-state index in [1.54, 1.807) is 0 Å². The first-order valence-electron chi connectivity index (χ1n) is 7.64. The van der Waals surface area contributed by atoms with E-state index in [0.29, 0.717) is 23.4 Å². The van der Waals surface area contributed by atoms with Crippen molar-refractivity contribution in [2.24, 2.45) is 0 Å². The van der Waals surface area contributed by atoms with Crippen molar-refractivity contribution in [3.63, 3.8) is 0 Å². The summed E-state index contributed by atoms with van der Waals surface area (Å²) in [5.41, 5.74) is 0.978. The molecule has 3 rings (SSSR count). The Labute approximate surface area is 144 Å². The third-order valence-electron chi connectivity index (χ3n) is 3.84. The monoisotopic (exact) mass is 351 g/mol. The van der Waals surface area contributed by atoms with E-state index < -0.39 is 0 Å². The SMILES string of the molecule is O=C(CSc1nnnn1C1CCCC1)NCc1cccc(Cl)c1. The van der Waals surface area contributed by atoms with E-state index >= 15 is 0 Å². The fourth-order valence-electron chi connectivity index (χ4n) is 2.69. The topological polar surface area (TPSA) is 72.7 Å². The molecule has 0 spiro atoms. The zero-order valence-electron chi connectivity index (χ0n) is 12.6. The summed E-state index contributed by atoms with van der Waals surface area (Å²) in [4.78, 5) is 12.0. The van der Waals surface area contributed by atoms with Crippen molar-refractivity contribution in [2.45, 2.75) is 43.4 Å². The van der Waals surface area contributed by atoms with Crippen LogP contribution in [0.25, 0.3) is 0 Å². The van der Waals surface area contributed by atoms with Gasteiger partial charge in [0.05, 0.1) is 11.8 Å². The van der Waals surface area contributed by atoms with Crippen molar-refractivity contribution in [2.75, 3.05) is 5.75 Å². The van der Waals surface area contributed by atoms with Gasteiger partial charge in [0.2, 0.25) is 11.1 Å². The summed E-state index contributed by atoms with van der Waals surface area (Å²) in [6, 6.07) is 7.83. The Morgan fingerprint density at radius 1 is 1.39 bits per heavy atom. The molecular weight excluding hydrogens is 334 g/mol. The summed E-state index contributed by atoms with van der Waals surface area (Å²) in [7, 11) is 0. The summed E-state index contributed by atoms with van der Waals surface area (Å²) in [6.07, 6.45) is 4.66. The number of carbonyl (C=O) groups is 1. The molecule has 2 aromatic rings. The predicted octanol–water partition coefficient (Wildman–Crippen LogP) is 2.85. The lowest BCUT2D eigenvalue weighted by Crippen LogP contribution is -2.24. The molecule has 1 N–H and O–H groups in total. The third-order valence-corrected chi connectivity index (χ3v) is 5.01. The molecule has 1 fully saturated rings. The maximum absolute atomic E-state index is 12.0. The molecule has 6 nitrogen and oxygen atoms in total. The highest BCUT2D eigenvalue weighted by Crippen LogP contribution is 2.31. The van der Waals surface area contributed by atoms with Crippen LogP contribution in [0.15, 0.2) is 29.4 Å². The number of thioether (sulfide) groups is 1. The average molecular weight is 352 g/mol. The normalized spacial score (nSPS) is 15.0. The lowest BCUT2D eigenvalue weighted by molar-refractivity contribution is -0.118. The number of nitrogens with one attached hydrogen (secondary N) is 1. The van der Waals surface area contributed by atoms with Crippen LogP contribution >= 0.6 is 23.4 Å².